The van der Waals surface area contributed by atoms with Gasteiger partial charge in [-0.15, -0.1) is 0 Å². The third-order valence-corrected chi connectivity index (χ3v) is 4.45. The van der Waals surface area contributed by atoms with Crippen molar-refractivity contribution in [2.45, 2.75) is 44.6 Å². The maximum absolute atomic E-state index is 12.4. The lowest BCUT2D eigenvalue weighted by Crippen LogP contribution is -2.31. The SMILES string of the molecule is CCC1(OC(=O)c2ccc3ccccc3c2)CCCC1. The minimum Gasteiger partial charge on any atom is -0.455 e. The summed E-state index contributed by atoms with van der Waals surface area (Å²) >= 11 is 0. The average molecular weight is 268 g/mol. The third-order valence-electron chi connectivity index (χ3n) is 4.45. The van der Waals surface area contributed by atoms with Crippen molar-refractivity contribution >= 4 is 16.7 Å². The van der Waals surface area contributed by atoms with E-state index in [1.807, 2.05) is 36.4 Å². The van der Waals surface area contributed by atoms with Gasteiger partial charge in [0.25, 0.3) is 0 Å². The first-order valence-electron chi connectivity index (χ1n) is 7.45. The van der Waals surface area contributed by atoms with Crippen molar-refractivity contribution < 1.29 is 9.53 Å². The highest BCUT2D eigenvalue weighted by atomic mass is 16.6. The number of esters is 1. The largest absolute Gasteiger partial charge is 0.455 e. The van der Waals surface area contributed by atoms with Crippen LogP contribution in [-0.4, -0.2) is 11.6 Å². The van der Waals surface area contributed by atoms with Gasteiger partial charge in [-0.2, -0.15) is 0 Å². The molecule has 0 saturated heterocycles. The lowest BCUT2D eigenvalue weighted by molar-refractivity contribution is -0.0172. The molecule has 1 aliphatic carbocycles. The molecule has 1 fully saturated rings. The number of ether oxygens (including phenoxy) is 1. The van der Waals surface area contributed by atoms with Crippen LogP contribution in [0.25, 0.3) is 10.8 Å². The molecule has 0 bridgehead atoms. The molecular formula is C18H20O2. The maximum atomic E-state index is 12.4. The van der Waals surface area contributed by atoms with Gasteiger partial charge in [0.2, 0.25) is 0 Å². The summed E-state index contributed by atoms with van der Waals surface area (Å²) in [7, 11) is 0. The van der Waals surface area contributed by atoms with Crippen LogP contribution in [0.3, 0.4) is 0 Å². The van der Waals surface area contributed by atoms with Crippen molar-refractivity contribution in [3.8, 4) is 0 Å². The first-order chi connectivity index (χ1) is 9.72. The van der Waals surface area contributed by atoms with Crippen LogP contribution < -0.4 is 0 Å². The van der Waals surface area contributed by atoms with Gasteiger partial charge in [0.05, 0.1) is 5.56 Å². The molecule has 0 radical (unpaired) electrons. The van der Waals surface area contributed by atoms with Crippen molar-refractivity contribution in [2.75, 3.05) is 0 Å². The van der Waals surface area contributed by atoms with E-state index in [4.69, 9.17) is 4.74 Å². The molecule has 0 spiro atoms. The lowest BCUT2D eigenvalue weighted by Gasteiger charge is -2.27. The Labute approximate surface area is 119 Å². The zero-order valence-corrected chi connectivity index (χ0v) is 11.9. The van der Waals surface area contributed by atoms with E-state index in [2.05, 4.69) is 13.0 Å². The molecule has 1 aliphatic rings. The predicted octanol–water partition coefficient (Wildman–Crippen LogP) is 4.72. The van der Waals surface area contributed by atoms with E-state index < -0.39 is 0 Å². The minimum absolute atomic E-state index is 0.181. The first-order valence-corrected chi connectivity index (χ1v) is 7.45. The van der Waals surface area contributed by atoms with Crippen molar-refractivity contribution in [2.24, 2.45) is 0 Å². The fourth-order valence-electron chi connectivity index (χ4n) is 3.12. The number of fused-ring (bicyclic) bond motifs is 1. The number of carbonyl (C=O) groups is 1. The Bertz CT molecular complexity index is 624. The minimum atomic E-state index is -0.220. The zero-order valence-electron chi connectivity index (χ0n) is 11.9. The third kappa shape index (κ3) is 2.43. The molecule has 0 N–H and O–H groups in total. The Kier molecular flexibility index (Phi) is 3.47. The highest BCUT2D eigenvalue weighted by molar-refractivity contribution is 5.95. The van der Waals surface area contributed by atoms with Crippen LogP contribution in [0.2, 0.25) is 0 Å². The highest BCUT2D eigenvalue weighted by Gasteiger charge is 2.36. The van der Waals surface area contributed by atoms with E-state index in [1.54, 1.807) is 0 Å². The van der Waals surface area contributed by atoms with Crippen molar-refractivity contribution in [3.05, 3.63) is 48.0 Å². The zero-order chi connectivity index (χ0) is 14.0. The number of carbonyl (C=O) groups excluding carboxylic acids is 1. The van der Waals surface area contributed by atoms with E-state index in [9.17, 15) is 4.79 Å². The summed E-state index contributed by atoms with van der Waals surface area (Å²) < 4.78 is 5.84. The molecule has 0 aliphatic heterocycles. The number of rotatable bonds is 3. The molecular weight excluding hydrogens is 248 g/mol. The Balaban J connectivity index is 1.85. The molecule has 2 nitrogen and oxygen atoms in total. The van der Waals surface area contributed by atoms with Crippen LogP contribution >= 0.6 is 0 Å². The monoisotopic (exact) mass is 268 g/mol. The summed E-state index contributed by atoms with van der Waals surface area (Å²) in [5, 5.41) is 2.23. The van der Waals surface area contributed by atoms with Crippen molar-refractivity contribution in [1.82, 2.24) is 0 Å². The second-order valence-electron chi connectivity index (χ2n) is 5.70. The highest BCUT2D eigenvalue weighted by Crippen LogP contribution is 2.36. The Morgan fingerprint density at radius 2 is 1.80 bits per heavy atom. The topological polar surface area (TPSA) is 26.3 Å². The number of hydrogen-bond acceptors (Lipinski definition) is 2. The van der Waals surface area contributed by atoms with Crippen LogP contribution in [0.4, 0.5) is 0 Å². The van der Waals surface area contributed by atoms with E-state index in [0.29, 0.717) is 5.56 Å². The molecule has 0 atom stereocenters. The molecule has 0 unspecified atom stereocenters. The van der Waals surface area contributed by atoms with E-state index in [-0.39, 0.29) is 11.6 Å². The smallest absolute Gasteiger partial charge is 0.338 e. The van der Waals surface area contributed by atoms with Crippen molar-refractivity contribution in [3.63, 3.8) is 0 Å². The summed E-state index contributed by atoms with van der Waals surface area (Å²) in [6, 6.07) is 13.8. The van der Waals surface area contributed by atoms with Crippen LogP contribution in [0.5, 0.6) is 0 Å². The lowest BCUT2D eigenvalue weighted by atomic mass is 9.98. The summed E-state index contributed by atoms with van der Waals surface area (Å²) in [5.74, 6) is -0.181. The van der Waals surface area contributed by atoms with Crippen LogP contribution in [0, 0.1) is 0 Å². The van der Waals surface area contributed by atoms with Gasteiger partial charge in [0.15, 0.2) is 0 Å². The molecule has 1 saturated carbocycles. The summed E-state index contributed by atoms with van der Waals surface area (Å²) in [6.07, 6.45) is 5.25. The normalized spacial score (nSPS) is 17.2. The second kappa shape index (κ2) is 5.28. The van der Waals surface area contributed by atoms with Crippen molar-refractivity contribution in [1.29, 1.82) is 0 Å². The molecule has 0 aromatic heterocycles. The fraction of sp³-hybridized carbons (Fsp3) is 0.389. The van der Waals surface area contributed by atoms with Crippen LogP contribution in [-0.2, 0) is 4.74 Å². The van der Waals surface area contributed by atoms with Gasteiger partial charge in [0.1, 0.15) is 5.60 Å². The van der Waals surface area contributed by atoms with Gasteiger partial charge < -0.3 is 4.74 Å². The average Bonchev–Trinajstić information content (AvgIpc) is 2.96. The Morgan fingerprint density at radius 3 is 2.50 bits per heavy atom. The molecule has 0 amide bonds. The summed E-state index contributed by atoms with van der Waals surface area (Å²) in [4.78, 5) is 12.4. The maximum Gasteiger partial charge on any atom is 0.338 e. The van der Waals surface area contributed by atoms with Gasteiger partial charge in [0, 0.05) is 0 Å². The molecule has 104 valence electrons. The van der Waals surface area contributed by atoms with E-state index in [0.717, 1.165) is 30.0 Å². The van der Waals surface area contributed by atoms with Crippen LogP contribution in [0.15, 0.2) is 42.5 Å². The quantitative estimate of drug-likeness (QED) is 0.753. The molecule has 2 aromatic carbocycles. The molecule has 2 heteroatoms. The second-order valence-corrected chi connectivity index (χ2v) is 5.70. The predicted molar refractivity (Wildman–Crippen MR) is 80.9 cm³/mol. The molecule has 3 rings (SSSR count). The first kappa shape index (κ1) is 13.2. The van der Waals surface area contributed by atoms with Gasteiger partial charge in [-0.3, -0.25) is 0 Å². The van der Waals surface area contributed by atoms with Gasteiger partial charge >= 0.3 is 5.97 Å². The van der Waals surface area contributed by atoms with E-state index in [1.165, 1.54) is 12.8 Å². The molecule has 20 heavy (non-hydrogen) atoms. The Morgan fingerprint density at radius 1 is 1.10 bits per heavy atom. The molecule has 0 heterocycles. The Hall–Kier alpha value is -1.83. The standard InChI is InChI=1S/C18H20O2/c1-2-18(11-5-6-12-18)20-17(19)16-10-9-14-7-3-4-8-15(14)13-16/h3-4,7-10,13H,2,5-6,11-12H2,1H3. The number of hydrogen-bond donors (Lipinski definition) is 0. The van der Waals surface area contributed by atoms with Gasteiger partial charge in [-0.1, -0.05) is 37.3 Å². The fourth-order valence-corrected chi connectivity index (χ4v) is 3.12. The number of benzene rings is 2. The van der Waals surface area contributed by atoms with Gasteiger partial charge in [-0.25, -0.2) is 4.79 Å². The summed E-state index contributed by atoms with van der Waals surface area (Å²) in [5.41, 5.74) is 0.436. The van der Waals surface area contributed by atoms with Gasteiger partial charge in [-0.05, 0) is 55.0 Å². The van der Waals surface area contributed by atoms with Crippen LogP contribution in [0.1, 0.15) is 49.4 Å². The van der Waals surface area contributed by atoms with E-state index >= 15 is 0 Å². The summed E-state index contributed by atoms with van der Waals surface area (Å²) in [6.45, 7) is 2.11. The molecule has 2 aromatic rings.